The normalized spacial score (nSPS) is 20.7. The average Bonchev–Trinajstić information content (AvgIpc) is 3.43. The fourth-order valence-corrected chi connectivity index (χ4v) is 5.57. The lowest BCUT2D eigenvalue weighted by molar-refractivity contribution is 0.172. The van der Waals surface area contributed by atoms with E-state index in [9.17, 15) is 20.1 Å². The topological polar surface area (TPSA) is 97.4 Å². The Bertz CT molecular complexity index is 1270. The van der Waals surface area contributed by atoms with Gasteiger partial charge in [0.25, 0.3) is 0 Å². The van der Waals surface area contributed by atoms with Crippen molar-refractivity contribution in [3.63, 3.8) is 0 Å². The van der Waals surface area contributed by atoms with Crippen LogP contribution >= 0.6 is 24.0 Å². The van der Waals surface area contributed by atoms with Crippen molar-refractivity contribution in [2.75, 3.05) is 38.2 Å². The molecule has 7 nitrogen and oxygen atoms in total. The highest BCUT2D eigenvalue weighted by Gasteiger charge is 2.36. The predicted octanol–water partition coefficient (Wildman–Crippen LogP) is 4.33. The molecule has 2 fully saturated rings. The third-order valence-corrected chi connectivity index (χ3v) is 7.38. The van der Waals surface area contributed by atoms with Gasteiger partial charge in [0, 0.05) is 54.0 Å². The summed E-state index contributed by atoms with van der Waals surface area (Å²) < 4.78 is 6.19. The highest BCUT2D eigenvalue weighted by atomic mass is 35.5. The van der Waals surface area contributed by atoms with Crippen molar-refractivity contribution < 1.29 is 19.7 Å². The lowest BCUT2D eigenvalue weighted by atomic mass is 9.89. The van der Waals surface area contributed by atoms with Gasteiger partial charge in [-0.3, -0.25) is 4.79 Å². The van der Waals surface area contributed by atoms with Crippen LogP contribution in [0.2, 0.25) is 5.02 Å². The molecule has 3 heterocycles. The first-order valence-corrected chi connectivity index (χ1v) is 11.7. The van der Waals surface area contributed by atoms with Crippen molar-refractivity contribution in [3.8, 4) is 22.8 Å². The maximum atomic E-state index is 13.1. The van der Waals surface area contributed by atoms with Gasteiger partial charge in [-0.15, -0.1) is 12.4 Å². The summed E-state index contributed by atoms with van der Waals surface area (Å²) in [5, 5.41) is 31.6. The molecule has 0 radical (unpaired) electrons. The SMILES string of the molecule is CN1CCC(c2c(O)cc(O)c3c(=O)cc(-c4ccc(N5CCCC5)cc4Cl)oc23)C1CO.Cl. The molecule has 0 spiro atoms. The number of likely N-dealkylation sites (N-methyl/N-ethyl adjacent to an activating group) is 1. The Balaban J connectivity index is 0.00000274. The molecular weight excluding hydrogens is 479 g/mol. The van der Waals surface area contributed by atoms with Crippen LogP contribution in [0, 0.1) is 0 Å². The van der Waals surface area contributed by atoms with Crippen LogP contribution in [0.3, 0.4) is 0 Å². The van der Waals surface area contributed by atoms with E-state index in [1.165, 1.54) is 12.1 Å². The molecule has 34 heavy (non-hydrogen) atoms. The van der Waals surface area contributed by atoms with Crippen LogP contribution < -0.4 is 10.3 Å². The standard InChI is InChI=1S/C25H27ClN2O5.ClH/c1-27-9-6-16(18(27)13-29)23-19(30)11-20(31)24-21(32)12-22(33-25(23)24)15-5-4-14(10-17(15)26)28-7-2-3-8-28;/h4-5,10-12,16,18,29-31H,2-3,6-9,13H2,1H3;1H. The maximum Gasteiger partial charge on any atom is 0.197 e. The van der Waals surface area contributed by atoms with E-state index in [1.54, 1.807) is 0 Å². The van der Waals surface area contributed by atoms with Gasteiger partial charge in [0.1, 0.15) is 28.2 Å². The molecule has 0 aliphatic carbocycles. The van der Waals surface area contributed by atoms with E-state index in [2.05, 4.69) is 4.90 Å². The number of benzene rings is 2. The summed E-state index contributed by atoms with van der Waals surface area (Å²) in [6, 6.07) is 7.94. The number of nitrogens with zero attached hydrogens (tertiary/aromatic N) is 2. The second-order valence-corrected chi connectivity index (χ2v) is 9.40. The molecule has 1 aromatic heterocycles. The number of phenolic OH excluding ortho intramolecular Hbond substituents is 2. The van der Waals surface area contributed by atoms with Crippen molar-refractivity contribution in [1.29, 1.82) is 0 Å². The molecule has 3 aromatic rings. The van der Waals surface area contributed by atoms with Crippen LogP contribution in [0.15, 0.2) is 39.5 Å². The molecule has 2 saturated heterocycles. The predicted molar refractivity (Wildman–Crippen MR) is 136 cm³/mol. The molecular formula is C25H28Cl2N2O5. The number of phenols is 2. The zero-order valence-electron chi connectivity index (χ0n) is 18.8. The van der Waals surface area contributed by atoms with Crippen LogP contribution in [0.1, 0.15) is 30.7 Å². The van der Waals surface area contributed by atoms with Crippen molar-refractivity contribution >= 4 is 40.7 Å². The Morgan fingerprint density at radius 3 is 2.50 bits per heavy atom. The number of rotatable bonds is 4. The molecule has 2 aliphatic heterocycles. The minimum Gasteiger partial charge on any atom is -0.507 e. The number of aromatic hydroxyl groups is 2. The summed E-state index contributed by atoms with van der Waals surface area (Å²) in [5.74, 6) is -0.485. The second kappa shape index (κ2) is 9.66. The first-order valence-electron chi connectivity index (χ1n) is 11.3. The summed E-state index contributed by atoms with van der Waals surface area (Å²) in [4.78, 5) is 17.3. The molecule has 9 heteroatoms. The molecule has 0 amide bonds. The highest BCUT2D eigenvalue weighted by Crippen LogP contribution is 2.44. The van der Waals surface area contributed by atoms with Gasteiger partial charge in [-0.2, -0.15) is 0 Å². The van der Waals surface area contributed by atoms with Gasteiger partial charge in [0.2, 0.25) is 0 Å². The van der Waals surface area contributed by atoms with E-state index in [0.717, 1.165) is 38.2 Å². The maximum absolute atomic E-state index is 13.1. The third-order valence-electron chi connectivity index (χ3n) is 7.07. The molecule has 0 saturated carbocycles. The molecule has 182 valence electrons. The fourth-order valence-electron chi connectivity index (χ4n) is 5.30. The molecule has 2 aromatic carbocycles. The highest BCUT2D eigenvalue weighted by molar-refractivity contribution is 6.33. The minimum absolute atomic E-state index is 0. The van der Waals surface area contributed by atoms with E-state index in [4.69, 9.17) is 16.0 Å². The largest absolute Gasteiger partial charge is 0.507 e. The number of fused-ring (bicyclic) bond motifs is 1. The molecule has 5 rings (SSSR count). The Morgan fingerprint density at radius 1 is 1.09 bits per heavy atom. The molecule has 3 N–H and O–H groups in total. The van der Waals surface area contributed by atoms with Crippen LogP contribution in [-0.4, -0.2) is 59.6 Å². The Kier molecular flexibility index (Phi) is 7.01. The summed E-state index contributed by atoms with van der Waals surface area (Å²) in [6.45, 7) is 2.61. The van der Waals surface area contributed by atoms with Crippen molar-refractivity contribution in [2.24, 2.45) is 0 Å². The Morgan fingerprint density at radius 2 is 1.82 bits per heavy atom. The number of aliphatic hydroxyl groups excluding tert-OH is 1. The minimum atomic E-state index is -0.420. The Labute approximate surface area is 208 Å². The van der Waals surface area contributed by atoms with E-state index < -0.39 is 5.43 Å². The fraction of sp³-hybridized carbons (Fsp3) is 0.400. The van der Waals surface area contributed by atoms with E-state index in [-0.39, 0.29) is 59.2 Å². The number of hydrogen-bond acceptors (Lipinski definition) is 7. The zero-order chi connectivity index (χ0) is 23.3. The van der Waals surface area contributed by atoms with Crippen molar-refractivity contribution in [3.05, 3.63) is 51.1 Å². The van der Waals surface area contributed by atoms with Gasteiger partial charge >= 0.3 is 0 Å². The van der Waals surface area contributed by atoms with E-state index in [0.29, 0.717) is 22.6 Å². The lowest BCUT2D eigenvalue weighted by Crippen LogP contribution is -2.32. The second-order valence-electron chi connectivity index (χ2n) is 8.99. The lowest BCUT2D eigenvalue weighted by Gasteiger charge is -2.24. The number of likely N-dealkylation sites (tertiary alicyclic amines) is 1. The molecule has 2 aliphatic rings. The molecule has 2 atom stereocenters. The Hall–Kier alpha value is -2.45. The van der Waals surface area contributed by atoms with Gasteiger partial charge in [-0.1, -0.05) is 11.6 Å². The number of anilines is 1. The first kappa shape index (κ1) is 24.7. The molecule has 2 unspecified atom stereocenters. The van der Waals surface area contributed by atoms with Gasteiger partial charge < -0.3 is 29.5 Å². The third kappa shape index (κ3) is 4.11. The quantitative estimate of drug-likeness (QED) is 0.484. The van der Waals surface area contributed by atoms with Crippen LogP contribution in [0.25, 0.3) is 22.3 Å². The van der Waals surface area contributed by atoms with Crippen LogP contribution in [0.4, 0.5) is 5.69 Å². The number of hydrogen-bond donors (Lipinski definition) is 3. The molecule has 0 bridgehead atoms. The summed E-state index contributed by atoms with van der Waals surface area (Å²) in [5.41, 5.74) is 1.73. The first-order chi connectivity index (χ1) is 15.9. The van der Waals surface area contributed by atoms with E-state index in [1.807, 2.05) is 30.1 Å². The van der Waals surface area contributed by atoms with Crippen LogP contribution in [0.5, 0.6) is 11.5 Å². The van der Waals surface area contributed by atoms with Gasteiger partial charge in [0.15, 0.2) is 5.43 Å². The summed E-state index contributed by atoms with van der Waals surface area (Å²) in [6.07, 6.45) is 2.98. The van der Waals surface area contributed by atoms with Gasteiger partial charge in [-0.25, -0.2) is 0 Å². The number of halogens is 2. The van der Waals surface area contributed by atoms with Crippen molar-refractivity contribution in [2.45, 2.75) is 31.2 Å². The van der Waals surface area contributed by atoms with Gasteiger partial charge in [-0.05, 0) is 51.1 Å². The monoisotopic (exact) mass is 506 g/mol. The zero-order valence-corrected chi connectivity index (χ0v) is 20.4. The van der Waals surface area contributed by atoms with E-state index >= 15 is 0 Å². The number of aliphatic hydroxyl groups is 1. The smallest absolute Gasteiger partial charge is 0.197 e. The summed E-state index contributed by atoms with van der Waals surface area (Å²) in [7, 11) is 1.91. The average molecular weight is 507 g/mol. The summed E-state index contributed by atoms with van der Waals surface area (Å²) >= 11 is 6.61. The van der Waals surface area contributed by atoms with Crippen LogP contribution in [-0.2, 0) is 0 Å². The van der Waals surface area contributed by atoms with Gasteiger partial charge in [0.05, 0.1) is 11.6 Å². The van der Waals surface area contributed by atoms with Crippen molar-refractivity contribution in [1.82, 2.24) is 4.90 Å².